The zero-order chi connectivity index (χ0) is 26.1. The van der Waals surface area contributed by atoms with Crippen LogP contribution in [-0.4, -0.2) is 69.4 Å². The molecule has 0 radical (unpaired) electrons. The van der Waals surface area contributed by atoms with E-state index in [0.717, 1.165) is 17.4 Å². The summed E-state index contributed by atoms with van der Waals surface area (Å²) in [6.07, 6.45) is 3.69. The van der Waals surface area contributed by atoms with Gasteiger partial charge in [-0.1, -0.05) is 62.0 Å². The van der Waals surface area contributed by atoms with Crippen LogP contribution in [0.3, 0.4) is 0 Å². The predicted molar refractivity (Wildman–Crippen MR) is 148 cm³/mol. The van der Waals surface area contributed by atoms with E-state index in [-0.39, 0.29) is 55.1 Å². The van der Waals surface area contributed by atoms with Crippen molar-refractivity contribution in [3.05, 3.63) is 102 Å². The molecule has 196 valence electrons. The summed E-state index contributed by atoms with van der Waals surface area (Å²) in [6.45, 7) is 0.258. The van der Waals surface area contributed by atoms with Crippen molar-refractivity contribution in [2.75, 3.05) is 24.8 Å². The molecular weight excluding hydrogens is 519 g/mol. The van der Waals surface area contributed by atoms with Crippen molar-refractivity contribution in [3.63, 3.8) is 0 Å². The summed E-state index contributed by atoms with van der Waals surface area (Å²) in [5.41, 5.74) is 2.69. The number of carboxylic acid groups (broad SMARTS) is 1. The Morgan fingerprint density at radius 1 is 0.974 bits per heavy atom. The van der Waals surface area contributed by atoms with Crippen LogP contribution in [0.2, 0.25) is 0 Å². The maximum atomic E-state index is 13.3. The number of nitrogens with zero attached hydrogens (tertiary/aromatic N) is 1. The van der Waals surface area contributed by atoms with Crippen LogP contribution in [0.5, 0.6) is 5.75 Å². The van der Waals surface area contributed by atoms with Gasteiger partial charge in [0.1, 0.15) is 11.9 Å². The van der Waals surface area contributed by atoms with Crippen LogP contribution in [0.1, 0.15) is 28.9 Å². The van der Waals surface area contributed by atoms with Crippen LogP contribution in [0.15, 0.2) is 84.9 Å². The van der Waals surface area contributed by atoms with Crippen LogP contribution >= 0.6 is 0 Å². The second kappa shape index (κ2) is 15.3. The van der Waals surface area contributed by atoms with Crippen LogP contribution < -0.4 is 14.2 Å². The van der Waals surface area contributed by atoms with E-state index in [1.54, 1.807) is 77.7 Å². The van der Waals surface area contributed by atoms with E-state index in [1.807, 2.05) is 18.2 Å². The van der Waals surface area contributed by atoms with Gasteiger partial charge in [0.15, 0.2) is 0 Å². The standard InChI is InChI=1S/C27H27NO7S.CH4.Mg/c1-34-25(27(30)31)19-21-10-14-23(15-11-21)28(26(29)22-8-4-3-5-9-22)18-6-7-20-12-16-24(17-13-20)35-36(2,32)33;;/h3-17,25H,18-19H2,1-2H3,(H,30,31);1H4;/q;;+2/p-1/b7-6+;;/t25-;;/m0../s1. The van der Waals surface area contributed by atoms with E-state index in [0.29, 0.717) is 11.3 Å². The first-order valence-electron chi connectivity index (χ1n) is 11.0. The number of rotatable bonds is 11. The second-order valence-electron chi connectivity index (χ2n) is 7.95. The van der Waals surface area contributed by atoms with Gasteiger partial charge in [0.05, 0.1) is 12.2 Å². The number of hydrogen-bond acceptors (Lipinski definition) is 7. The molecule has 8 nitrogen and oxygen atoms in total. The summed E-state index contributed by atoms with van der Waals surface area (Å²) in [4.78, 5) is 26.0. The fourth-order valence-electron chi connectivity index (χ4n) is 3.43. The van der Waals surface area contributed by atoms with Crippen molar-refractivity contribution in [2.45, 2.75) is 20.0 Å². The zero-order valence-corrected chi connectivity index (χ0v) is 22.8. The second-order valence-corrected chi connectivity index (χ2v) is 9.53. The molecule has 0 bridgehead atoms. The van der Waals surface area contributed by atoms with Gasteiger partial charge in [0.2, 0.25) is 0 Å². The third kappa shape index (κ3) is 9.94. The average Bonchev–Trinajstić information content (AvgIpc) is 2.86. The molecule has 0 aliphatic rings. The van der Waals surface area contributed by atoms with Crippen molar-refractivity contribution >= 4 is 56.8 Å². The molecule has 10 heteroatoms. The molecule has 0 saturated carbocycles. The Morgan fingerprint density at radius 3 is 2.11 bits per heavy atom. The van der Waals surface area contributed by atoms with Crippen LogP contribution in [0, 0.1) is 0 Å². The number of benzene rings is 3. The van der Waals surface area contributed by atoms with Gasteiger partial charge in [-0.2, -0.15) is 8.42 Å². The average molecular weight is 549 g/mol. The fraction of sp³-hybridized carbons (Fsp3) is 0.214. The molecule has 0 saturated heterocycles. The van der Waals surface area contributed by atoms with Gasteiger partial charge in [0.25, 0.3) is 5.91 Å². The van der Waals surface area contributed by atoms with Gasteiger partial charge >= 0.3 is 33.2 Å². The largest absolute Gasteiger partial charge is 2.00 e. The molecule has 3 aromatic carbocycles. The van der Waals surface area contributed by atoms with Gasteiger partial charge in [-0.15, -0.1) is 0 Å². The minimum Gasteiger partial charge on any atom is -0.547 e. The molecule has 0 aliphatic carbocycles. The van der Waals surface area contributed by atoms with Gasteiger partial charge in [-0.3, -0.25) is 4.79 Å². The van der Waals surface area contributed by atoms with Gasteiger partial charge in [-0.25, -0.2) is 0 Å². The molecule has 0 aliphatic heterocycles. The number of hydrogen-bond donors (Lipinski definition) is 0. The maximum absolute atomic E-state index is 13.3. The molecule has 0 heterocycles. The molecule has 3 rings (SSSR count). The van der Waals surface area contributed by atoms with E-state index in [4.69, 9.17) is 8.92 Å². The summed E-state index contributed by atoms with van der Waals surface area (Å²) in [5, 5.41) is 11.1. The van der Waals surface area contributed by atoms with E-state index in [9.17, 15) is 23.1 Å². The zero-order valence-electron chi connectivity index (χ0n) is 20.6. The molecule has 0 spiro atoms. The normalized spacial score (nSPS) is 11.6. The van der Waals surface area contributed by atoms with E-state index in [2.05, 4.69) is 0 Å². The number of aliphatic carboxylic acids is 1. The molecule has 0 N–H and O–H groups in total. The topological polar surface area (TPSA) is 113 Å². The van der Waals surface area contributed by atoms with Crippen molar-refractivity contribution in [3.8, 4) is 5.75 Å². The number of carbonyl (C=O) groups excluding carboxylic acids is 2. The Morgan fingerprint density at radius 2 is 1.58 bits per heavy atom. The number of anilines is 1. The minimum atomic E-state index is -3.60. The Hall–Kier alpha value is -3.18. The summed E-state index contributed by atoms with van der Waals surface area (Å²) in [7, 11) is -2.29. The summed E-state index contributed by atoms with van der Waals surface area (Å²) >= 11 is 0. The third-order valence-corrected chi connectivity index (χ3v) is 5.70. The Bertz CT molecular complexity index is 1310. The van der Waals surface area contributed by atoms with Crippen molar-refractivity contribution in [1.82, 2.24) is 0 Å². The first kappa shape index (κ1) is 32.8. The predicted octanol–water partition coefficient (Wildman–Crippen LogP) is 2.95. The Balaban J connectivity index is 0.00000361. The molecule has 1 amide bonds. The summed E-state index contributed by atoms with van der Waals surface area (Å²) in [5.74, 6) is -1.28. The number of methoxy groups -OCH3 is 1. The van der Waals surface area contributed by atoms with Gasteiger partial charge in [0, 0.05) is 31.3 Å². The molecule has 0 fully saturated rings. The van der Waals surface area contributed by atoms with E-state index >= 15 is 0 Å². The fourth-order valence-corrected chi connectivity index (χ4v) is 3.90. The molecule has 1 atom stereocenters. The quantitative estimate of drug-likeness (QED) is 0.267. The van der Waals surface area contributed by atoms with Crippen molar-refractivity contribution in [2.24, 2.45) is 0 Å². The first-order chi connectivity index (χ1) is 17.2. The number of amides is 1. The smallest absolute Gasteiger partial charge is 0.547 e. The SMILES string of the molecule is C.CO[C@@H](Cc1ccc(N(C/C=C/c2ccc(OS(C)(=O)=O)cc2)C(=O)c2ccccc2)cc1)C(=O)[O-].[Mg+2]. The van der Waals surface area contributed by atoms with Crippen molar-refractivity contribution < 1.29 is 32.0 Å². The minimum absolute atomic E-state index is 0. The molecule has 38 heavy (non-hydrogen) atoms. The first-order valence-corrected chi connectivity index (χ1v) is 12.8. The number of ether oxygens (including phenoxy) is 1. The van der Waals surface area contributed by atoms with Gasteiger partial charge in [-0.05, 0) is 47.5 Å². The van der Waals surface area contributed by atoms with E-state index < -0.39 is 22.2 Å². The summed E-state index contributed by atoms with van der Waals surface area (Å²) in [6, 6.07) is 22.4. The molecule has 3 aromatic rings. The maximum Gasteiger partial charge on any atom is 2.00 e. The monoisotopic (exact) mass is 548 g/mol. The van der Waals surface area contributed by atoms with Crippen LogP contribution in [0.25, 0.3) is 6.08 Å². The molecular formula is C28H30MgNO7S+. The number of carboxylic acids is 1. The Labute approximate surface area is 240 Å². The van der Waals surface area contributed by atoms with Crippen LogP contribution in [-0.2, 0) is 26.1 Å². The van der Waals surface area contributed by atoms with Gasteiger partial charge < -0.3 is 23.7 Å². The molecule has 0 aromatic heterocycles. The van der Waals surface area contributed by atoms with Crippen LogP contribution in [0.4, 0.5) is 5.69 Å². The van der Waals surface area contributed by atoms with Crippen molar-refractivity contribution in [1.29, 1.82) is 0 Å². The van der Waals surface area contributed by atoms with E-state index in [1.165, 1.54) is 7.11 Å². The molecule has 0 unspecified atom stereocenters. The third-order valence-electron chi connectivity index (χ3n) is 5.21. The summed E-state index contributed by atoms with van der Waals surface area (Å²) < 4.78 is 32.3. The Kier molecular flexibility index (Phi) is 13.2. The number of carbonyl (C=O) groups is 2.